The van der Waals surface area contributed by atoms with Crippen molar-refractivity contribution in [3.8, 4) is 0 Å². The lowest BCUT2D eigenvalue weighted by Gasteiger charge is -2.23. The Bertz CT molecular complexity index is 372. The predicted molar refractivity (Wildman–Crippen MR) is 122 cm³/mol. The third-order valence-electron chi connectivity index (χ3n) is 5.47. The van der Waals surface area contributed by atoms with E-state index >= 15 is 0 Å². The second-order valence-corrected chi connectivity index (χ2v) is 8.19. The van der Waals surface area contributed by atoms with Gasteiger partial charge in [0.25, 0.3) is 0 Å². The van der Waals surface area contributed by atoms with Gasteiger partial charge in [-0.1, -0.05) is 70.4 Å². The van der Waals surface area contributed by atoms with Gasteiger partial charge in [-0.15, -0.1) is 0 Å². The van der Waals surface area contributed by atoms with Gasteiger partial charge in [-0.2, -0.15) is 0 Å². The molecule has 0 spiro atoms. The number of carbonyl (C=O) groups is 1. The highest BCUT2D eigenvalue weighted by Gasteiger charge is 2.09. The summed E-state index contributed by atoms with van der Waals surface area (Å²) in [6.45, 7) is 5.79. The molecule has 4 nitrogen and oxygen atoms in total. The number of allylic oxidation sites excluding steroid dienone is 2. The maximum absolute atomic E-state index is 11.9. The van der Waals surface area contributed by atoms with E-state index in [4.69, 9.17) is 5.11 Å². The minimum absolute atomic E-state index is 0.155. The lowest BCUT2D eigenvalue weighted by Crippen LogP contribution is -2.41. The van der Waals surface area contributed by atoms with E-state index < -0.39 is 0 Å². The zero-order valence-corrected chi connectivity index (χ0v) is 19.1. The third kappa shape index (κ3) is 18.5. The monoisotopic (exact) mass is 396 g/mol. The lowest BCUT2D eigenvalue weighted by atomic mass is 10.1. The number of aliphatic hydroxyl groups excluding tert-OH is 1. The van der Waals surface area contributed by atoms with Gasteiger partial charge in [-0.25, -0.2) is 0 Å². The van der Waals surface area contributed by atoms with Gasteiger partial charge in [0.1, 0.15) is 0 Å². The van der Waals surface area contributed by atoms with Crippen molar-refractivity contribution >= 4 is 5.91 Å². The number of unbranched alkanes of at least 4 members (excludes halogenated alkanes) is 11. The van der Waals surface area contributed by atoms with Crippen LogP contribution in [0.4, 0.5) is 0 Å². The van der Waals surface area contributed by atoms with Crippen LogP contribution in [0.1, 0.15) is 104 Å². The third-order valence-corrected chi connectivity index (χ3v) is 5.47. The minimum atomic E-state index is 0.155. The Kier molecular flexibility index (Phi) is 20.2. The van der Waals surface area contributed by atoms with Crippen molar-refractivity contribution in [2.45, 2.75) is 110 Å². The summed E-state index contributed by atoms with van der Waals surface area (Å²) in [4.78, 5) is 13.9. The molecule has 1 unspecified atom stereocenters. The predicted octanol–water partition coefficient (Wildman–Crippen LogP) is 5.45. The summed E-state index contributed by atoms with van der Waals surface area (Å²) in [6.07, 6.45) is 22.0. The van der Waals surface area contributed by atoms with E-state index in [1.54, 1.807) is 0 Å². The number of aliphatic hydroxyl groups is 1. The number of hydrogen-bond acceptors (Lipinski definition) is 3. The van der Waals surface area contributed by atoms with Crippen molar-refractivity contribution in [2.75, 3.05) is 26.7 Å². The van der Waals surface area contributed by atoms with E-state index in [0.29, 0.717) is 19.5 Å². The molecule has 1 amide bonds. The summed E-state index contributed by atoms with van der Waals surface area (Å²) < 4.78 is 0. The van der Waals surface area contributed by atoms with Crippen molar-refractivity contribution in [2.24, 2.45) is 0 Å². The van der Waals surface area contributed by atoms with Crippen molar-refractivity contribution < 1.29 is 9.90 Å². The largest absolute Gasteiger partial charge is 0.395 e. The van der Waals surface area contributed by atoms with Crippen LogP contribution in [0.25, 0.3) is 0 Å². The van der Waals surface area contributed by atoms with Crippen LogP contribution in [-0.4, -0.2) is 48.7 Å². The van der Waals surface area contributed by atoms with E-state index in [2.05, 4.69) is 36.2 Å². The standard InChI is InChI=1S/C24H48N2O2/c1-4-5-6-7-8-9-10-11-12-13-14-15-16-17-18-19-24(28)25-22-23(2)26(3)20-21-27/h11-12,23,27H,4-10,13-22H2,1-3H3,(H,25,28)/b12-11-. The van der Waals surface area contributed by atoms with Crippen molar-refractivity contribution in [1.82, 2.24) is 10.2 Å². The number of rotatable bonds is 20. The first kappa shape index (κ1) is 27.1. The first-order valence-corrected chi connectivity index (χ1v) is 11.8. The highest BCUT2D eigenvalue weighted by atomic mass is 16.3. The van der Waals surface area contributed by atoms with E-state index in [1.165, 1.54) is 70.6 Å². The fourth-order valence-electron chi connectivity index (χ4n) is 3.24. The Labute approximate surface area is 175 Å². The van der Waals surface area contributed by atoms with Crippen molar-refractivity contribution in [1.29, 1.82) is 0 Å². The number of amides is 1. The zero-order valence-electron chi connectivity index (χ0n) is 19.1. The van der Waals surface area contributed by atoms with Crippen LogP contribution in [0.15, 0.2) is 12.2 Å². The molecule has 0 saturated carbocycles. The van der Waals surface area contributed by atoms with Crippen LogP contribution in [0, 0.1) is 0 Å². The number of nitrogens with one attached hydrogen (secondary N) is 1. The average Bonchev–Trinajstić information content (AvgIpc) is 2.69. The summed E-state index contributed by atoms with van der Waals surface area (Å²) in [5.41, 5.74) is 0. The molecule has 0 aliphatic rings. The fraction of sp³-hybridized carbons (Fsp3) is 0.875. The number of hydrogen-bond donors (Lipinski definition) is 2. The molecule has 0 fully saturated rings. The molecule has 0 aliphatic carbocycles. The van der Waals surface area contributed by atoms with Crippen LogP contribution in [0.5, 0.6) is 0 Å². The second kappa shape index (κ2) is 20.9. The van der Waals surface area contributed by atoms with Crippen molar-refractivity contribution in [3.63, 3.8) is 0 Å². The molecule has 1 atom stereocenters. The summed E-state index contributed by atoms with van der Waals surface area (Å²) in [6, 6.07) is 0.255. The molecule has 0 rings (SSSR count). The molecule has 0 aromatic carbocycles. The first-order chi connectivity index (χ1) is 13.6. The molecule has 0 aliphatic heterocycles. The number of likely N-dealkylation sites (N-methyl/N-ethyl adjacent to an activating group) is 1. The summed E-state index contributed by atoms with van der Waals surface area (Å²) in [5.74, 6) is 0.155. The maximum Gasteiger partial charge on any atom is 0.220 e. The van der Waals surface area contributed by atoms with Crippen LogP contribution in [0.3, 0.4) is 0 Å². The minimum Gasteiger partial charge on any atom is -0.395 e. The summed E-state index contributed by atoms with van der Waals surface area (Å²) >= 11 is 0. The Balaban J connectivity index is 3.36. The molecule has 2 N–H and O–H groups in total. The van der Waals surface area contributed by atoms with Gasteiger partial charge in [-0.3, -0.25) is 9.69 Å². The molecular formula is C24H48N2O2. The molecule has 0 heterocycles. The van der Waals surface area contributed by atoms with Crippen molar-refractivity contribution in [3.05, 3.63) is 12.2 Å². The van der Waals surface area contributed by atoms with E-state index in [0.717, 1.165) is 12.8 Å². The van der Waals surface area contributed by atoms with Crippen LogP contribution in [0.2, 0.25) is 0 Å². The van der Waals surface area contributed by atoms with Crippen LogP contribution >= 0.6 is 0 Å². The lowest BCUT2D eigenvalue weighted by molar-refractivity contribution is -0.121. The Morgan fingerprint density at radius 1 is 0.929 bits per heavy atom. The normalized spacial score (nSPS) is 12.8. The SMILES string of the molecule is CCCCCCCC/C=C\CCCCCCCC(=O)NCC(C)N(C)CCO. The van der Waals surface area contributed by atoms with Gasteiger partial charge in [-0.05, 0) is 46.1 Å². The Hall–Kier alpha value is -0.870. The zero-order chi connectivity index (χ0) is 20.9. The Morgan fingerprint density at radius 3 is 2.04 bits per heavy atom. The molecule has 4 heteroatoms. The van der Waals surface area contributed by atoms with Gasteiger partial charge >= 0.3 is 0 Å². The highest BCUT2D eigenvalue weighted by Crippen LogP contribution is 2.10. The molecule has 166 valence electrons. The topological polar surface area (TPSA) is 52.6 Å². The Morgan fingerprint density at radius 2 is 1.46 bits per heavy atom. The van der Waals surface area contributed by atoms with E-state index in [9.17, 15) is 4.79 Å². The molecule has 0 aromatic rings. The highest BCUT2D eigenvalue weighted by molar-refractivity contribution is 5.75. The molecule has 0 radical (unpaired) electrons. The first-order valence-electron chi connectivity index (χ1n) is 11.8. The number of carbonyl (C=O) groups excluding carboxylic acids is 1. The van der Waals surface area contributed by atoms with Gasteiger partial charge in [0, 0.05) is 25.6 Å². The van der Waals surface area contributed by atoms with Gasteiger partial charge < -0.3 is 10.4 Å². The van der Waals surface area contributed by atoms with Gasteiger partial charge in [0.15, 0.2) is 0 Å². The molecular weight excluding hydrogens is 348 g/mol. The maximum atomic E-state index is 11.9. The van der Waals surface area contributed by atoms with E-state index in [1.807, 2.05) is 7.05 Å². The number of nitrogens with zero attached hydrogens (tertiary/aromatic N) is 1. The summed E-state index contributed by atoms with van der Waals surface area (Å²) in [5, 5.41) is 11.9. The van der Waals surface area contributed by atoms with Gasteiger partial charge in [0.05, 0.1) is 6.61 Å². The molecule has 0 saturated heterocycles. The quantitative estimate of drug-likeness (QED) is 0.212. The second-order valence-electron chi connectivity index (χ2n) is 8.19. The summed E-state index contributed by atoms with van der Waals surface area (Å²) in [7, 11) is 1.97. The van der Waals surface area contributed by atoms with E-state index in [-0.39, 0.29) is 18.6 Å². The molecule has 0 bridgehead atoms. The van der Waals surface area contributed by atoms with Crippen LogP contribution in [-0.2, 0) is 4.79 Å². The van der Waals surface area contributed by atoms with Gasteiger partial charge in [0.2, 0.25) is 5.91 Å². The smallest absolute Gasteiger partial charge is 0.220 e. The molecule has 28 heavy (non-hydrogen) atoms. The average molecular weight is 397 g/mol. The fourth-order valence-corrected chi connectivity index (χ4v) is 3.24. The molecule has 0 aromatic heterocycles. The van der Waals surface area contributed by atoms with Crippen LogP contribution < -0.4 is 5.32 Å².